The van der Waals surface area contributed by atoms with Crippen molar-refractivity contribution in [3.05, 3.63) is 60.6 Å². The number of nitrogens with two attached hydrogens (primary N) is 2. The van der Waals surface area contributed by atoms with Crippen molar-refractivity contribution >= 4 is 23.3 Å². The molecular formula is C15H15N4O2. The van der Waals surface area contributed by atoms with E-state index in [9.17, 15) is 9.59 Å². The van der Waals surface area contributed by atoms with Crippen LogP contribution in [0.25, 0.3) is 0 Å². The third kappa shape index (κ3) is 3.56. The van der Waals surface area contributed by atoms with Crippen LogP contribution in [0.15, 0.2) is 48.7 Å². The summed E-state index contributed by atoms with van der Waals surface area (Å²) >= 11 is 0. The lowest BCUT2D eigenvalue weighted by Crippen LogP contribution is -2.27. The number of para-hydroxylation sites is 1. The fraction of sp³-hybridized carbons (Fsp3) is 0.0667. The number of pyridine rings is 1. The van der Waals surface area contributed by atoms with E-state index in [-0.39, 0.29) is 12.1 Å². The lowest BCUT2D eigenvalue weighted by atomic mass is 10.2. The number of hydrogen-bond donors (Lipinski definition) is 2. The maximum atomic E-state index is 11.5. The van der Waals surface area contributed by atoms with Gasteiger partial charge in [-0.05, 0) is 24.3 Å². The minimum Gasteiger partial charge on any atom is -0.369 e. The van der Waals surface area contributed by atoms with Gasteiger partial charge in [0.25, 0.3) is 5.91 Å². The maximum Gasteiger partial charge on any atom is 0.252 e. The molecule has 0 aliphatic carbocycles. The summed E-state index contributed by atoms with van der Waals surface area (Å²) in [7, 11) is 0. The second-order valence-corrected chi connectivity index (χ2v) is 4.29. The van der Waals surface area contributed by atoms with Crippen LogP contribution in [0.4, 0.5) is 11.5 Å². The van der Waals surface area contributed by atoms with E-state index in [4.69, 9.17) is 11.5 Å². The third-order valence-corrected chi connectivity index (χ3v) is 2.85. The number of amides is 2. The molecule has 2 rings (SSSR count). The quantitative estimate of drug-likeness (QED) is 0.825. The number of hydrogen-bond acceptors (Lipinski definition) is 4. The summed E-state index contributed by atoms with van der Waals surface area (Å²) < 4.78 is 0. The summed E-state index contributed by atoms with van der Waals surface area (Å²) in [5.74, 6) is -0.751. The zero-order chi connectivity index (χ0) is 15.2. The first-order chi connectivity index (χ1) is 10.1. The first-order valence-electron chi connectivity index (χ1n) is 6.29. The van der Waals surface area contributed by atoms with Gasteiger partial charge in [-0.1, -0.05) is 18.2 Å². The van der Waals surface area contributed by atoms with Crippen LogP contribution in [0.1, 0.15) is 10.4 Å². The second-order valence-electron chi connectivity index (χ2n) is 4.29. The van der Waals surface area contributed by atoms with Crippen LogP contribution >= 0.6 is 0 Å². The van der Waals surface area contributed by atoms with E-state index < -0.39 is 11.8 Å². The molecule has 1 radical (unpaired) electrons. The number of aromatic nitrogens is 1. The monoisotopic (exact) mass is 283 g/mol. The highest BCUT2D eigenvalue weighted by atomic mass is 16.1. The number of benzene rings is 1. The van der Waals surface area contributed by atoms with E-state index >= 15 is 0 Å². The largest absolute Gasteiger partial charge is 0.369 e. The van der Waals surface area contributed by atoms with Crippen molar-refractivity contribution in [2.24, 2.45) is 11.5 Å². The number of carbonyl (C=O) groups excluding carboxylic acids is 2. The Morgan fingerprint density at radius 2 is 1.81 bits per heavy atom. The zero-order valence-electron chi connectivity index (χ0n) is 11.3. The minimum atomic E-state index is -0.585. The van der Waals surface area contributed by atoms with E-state index in [0.717, 1.165) is 5.69 Å². The molecule has 0 atom stereocenters. The molecule has 21 heavy (non-hydrogen) atoms. The van der Waals surface area contributed by atoms with Crippen molar-refractivity contribution in [3.8, 4) is 0 Å². The topological polar surface area (TPSA) is 102 Å². The van der Waals surface area contributed by atoms with Gasteiger partial charge in [-0.25, -0.2) is 4.98 Å². The predicted octanol–water partition coefficient (Wildman–Crippen LogP) is 1.01. The van der Waals surface area contributed by atoms with Crippen molar-refractivity contribution in [1.82, 2.24) is 4.98 Å². The Labute approximate surface area is 122 Å². The normalized spacial score (nSPS) is 10.1. The standard InChI is InChI=1S/C15H15N4O2/c16-13(20)8-10-19(11-5-2-1-3-6-11)15-12(14(17)21)7-4-9-18-15/h1-9H,10H2,(H2,16,20)(H2,17,21). The molecule has 0 saturated carbocycles. The zero-order valence-corrected chi connectivity index (χ0v) is 11.3. The Kier molecular flexibility index (Phi) is 4.50. The molecule has 0 unspecified atom stereocenters. The summed E-state index contributed by atoms with van der Waals surface area (Å²) in [6.07, 6.45) is 2.87. The molecule has 1 aromatic heterocycles. The van der Waals surface area contributed by atoms with Gasteiger partial charge in [0.15, 0.2) is 0 Å². The van der Waals surface area contributed by atoms with E-state index in [1.165, 1.54) is 6.42 Å². The fourth-order valence-electron chi connectivity index (χ4n) is 1.91. The molecule has 0 saturated heterocycles. The van der Waals surface area contributed by atoms with E-state index in [1.54, 1.807) is 23.2 Å². The molecule has 0 aliphatic heterocycles. The van der Waals surface area contributed by atoms with E-state index in [1.807, 2.05) is 30.3 Å². The fourth-order valence-corrected chi connectivity index (χ4v) is 1.91. The number of carbonyl (C=O) groups is 2. The Balaban J connectivity index is 2.45. The summed E-state index contributed by atoms with van der Waals surface area (Å²) in [5, 5.41) is 0. The maximum absolute atomic E-state index is 11.5. The lowest BCUT2D eigenvalue weighted by Gasteiger charge is -2.24. The van der Waals surface area contributed by atoms with Crippen molar-refractivity contribution in [1.29, 1.82) is 0 Å². The molecule has 4 N–H and O–H groups in total. The number of nitrogens with zero attached hydrogens (tertiary/aromatic N) is 2. The van der Waals surface area contributed by atoms with Gasteiger partial charge in [-0.15, -0.1) is 0 Å². The summed E-state index contributed by atoms with van der Waals surface area (Å²) in [4.78, 5) is 28.5. The van der Waals surface area contributed by atoms with Gasteiger partial charge in [-0.3, -0.25) is 9.59 Å². The predicted molar refractivity (Wildman–Crippen MR) is 79.7 cm³/mol. The Hall–Kier alpha value is -2.89. The van der Waals surface area contributed by atoms with Crippen LogP contribution in [-0.2, 0) is 4.79 Å². The van der Waals surface area contributed by atoms with E-state index in [2.05, 4.69) is 4.98 Å². The molecule has 1 heterocycles. The van der Waals surface area contributed by atoms with Gasteiger partial charge in [0.1, 0.15) is 5.82 Å². The van der Waals surface area contributed by atoms with Gasteiger partial charge in [0, 0.05) is 18.4 Å². The second kappa shape index (κ2) is 6.51. The van der Waals surface area contributed by atoms with Gasteiger partial charge in [0.05, 0.1) is 12.0 Å². The Morgan fingerprint density at radius 1 is 1.10 bits per heavy atom. The van der Waals surface area contributed by atoms with Crippen LogP contribution in [0.2, 0.25) is 0 Å². The molecule has 2 aromatic rings. The first-order valence-corrected chi connectivity index (χ1v) is 6.29. The first kappa shape index (κ1) is 14.5. The van der Waals surface area contributed by atoms with Gasteiger partial charge in [0.2, 0.25) is 5.91 Å². The third-order valence-electron chi connectivity index (χ3n) is 2.85. The molecular weight excluding hydrogens is 268 g/mol. The molecule has 0 fully saturated rings. The smallest absolute Gasteiger partial charge is 0.252 e. The van der Waals surface area contributed by atoms with Crippen molar-refractivity contribution in [2.75, 3.05) is 11.4 Å². The summed E-state index contributed by atoms with van der Waals surface area (Å²) in [6, 6.07) is 12.5. The van der Waals surface area contributed by atoms with Gasteiger partial charge >= 0.3 is 0 Å². The van der Waals surface area contributed by atoms with Crippen molar-refractivity contribution in [2.45, 2.75) is 0 Å². The highest BCUT2D eigenvalue weighted by Gasteiger charge is 2.18. The summed E-state index contributed by atoms with van der Waals surface area (Å²) in [5.41, 5.74) is 11.6. The number of anilines is 2. The molecule has 6 nitrogen and oxygen atoms in total. The molecule has 107 valence electrons. The van der Waals surface area contributed by atoms with Crippen molar-refractivity contribution in [3.63, 3.8) is 0 Å². The van der Waals surface area contributed by atoms with Crippen LogP contribution in [-0.4, -0.2) is 23.3 Å². The van der Waals surface area contributed by atoms with Crippen LogP contribution in [0, 0.1) is 6.42 Å². The van der Waals surface area contributed by atoms with Crippen LogP contribution in [0.3, 0.4) is 0 Å². The average Bonchev–Trinajstić information content (AvgIpc) is 2.48. The highest BCUT2D eigenvalue weighted by molar-refractivity contribution is 5.98. The van der Waals surface area contributed by atoms with Crippen molar-refractivity contribution < 1.29 is 9.59 Å². The molecule has 0 bridgehead atoms. The number of rotatable bonds is 6. The Morgan fingerprint density at radius 3 is 2.43 bits per heavy atom. The SMILES string of the molecule is NC(=O)[CH]CN(c1ccccc1)c1ncccc1C(N)=O. The number of primary amides is 2. The van der Waals surface area contributed by atoms with Gasteiger partial charge in [-0.2, -0.15) is 0 Å². The van der Waals surface area contributed by atoms with E-state index in [0.29, 0.717) is 5.82 Å². The van der Waals surface area contributed by atoms with Crippen LogP contribution in [0.5, 0.6) is 0 Å². The van der Waals surface area contributed by atoms with Gasteiger partial charge < -0.3 is 16.4 Å². The average molecular weight is 283 g/mol. The molecule has 0 aliphatic rings. The Bertz CT molecular complexity index is 643. The summed E-state index contributed by atoms with van der Waals surface area (Å²) in [6.45, 7) is 0.191. The molecule has 2 amide bonds. The molecule has 0 spiro atoms. The minimum absolute atomic E-state index is 0.191. The lowest BCUT2D eigenvalue weighted by molar-refractivity contribution is -0.114. The molecule has 6 heteroatoms. The highest BCUT2D eigenvalue weighted by Crippen LogP contribution is 2.26. The molecule has 1 aromatic carbocycles. The van der Waals surface area contributed by atoms with Crippen LogP contribution < -0.4 is 16.4 Å².